The number of carbonyl (C=O) groups excluding carboxylic acids is 1. The first-order chi connectivity index (χ1) is 19.8. The second-order valence-corrected chi connectivity index (χ2v) is 9.55. The Kier molecular flexibility index (Phi) is 8.06. The zero-order valence-corrected chi connectivity index (χ0v) is 22.3. The van der Waals surface area contributed by atoms with Crippen LogP contribution in [-0.4, -0.2) is 32.5 Å². The first-order valence-electron chi connectivity index (χ1n) is 12.3. The van der Waals surface area contributed by atoms with Crippen LogP contribution in [0.4, 0.5) is 34.5 Å². The molecule has 0 fully saturated rings. The second-order valence-electron chi connectivity index (χ2n) is 8.52. The Bertz CT molecular complexity index is 1630. The third-order valence-electron chi connectivity index (χ3n) is 5.64. The minimum Gasteiger partial charge on any atom is -0.424 e. The molecule has 3 aromatic heterocycles. The van der Waals surface area contributed by atoms with Crippen molar-refractivity contribution in [2.75, 3.05) is 22.5 Å². The molecule has 13 heteroatoms. The van der Waals surface area contributed by atoms with Crippen LogP contribution in [-0.2, 0) is 6.18 Å². The normalized spacial score (nSPS) is 11.1. The van der Waals surface area contributed by atoms with Gasteiger partial charge < -0.3 is 20.7 Å². The molecule has 0 spiro atoms. The number of urea groups is 1. The molecule has 2 amide bonds. The summed E-state index contributed by atoms with van der Waals surface area (Å²) in [7, 11) is 0. The minimum absolute atomic E-state index is 0.0363. The number of hydrogen-bond donors (Lipinski definition) is 3. The molecule has 0 unspecified atom stereocenters. The fourth-order valence-electron chi connectivity index (χ4n) is 3.75. The minimum atomic E-state index is -4.58. The molecule has 0 radical (unpaired) electrons. The molecule has 0 atom stereocenters. The quantitative estimate of drug-likeness (QED) is 0.174. The topological polar surface area (TPSA) is 114 Å². The lowest BCUT2D eigenvalue weighted by Crippen LogP contribution is -2.20. The third-order valence-corrected chi connectivity index (χ3v) is 6.64. The van der Waals surface area contributed by atoms with Gasteiger partial charge in [0.25, 0.3) is 0 Å². The van der Waals surface area contributed by atoms with Crippen molar-refractivity contribution in [1.82, 2.24) is 19.9 Å². The molecular weight excluding hydrogens is 555 g/mol. The molecule has 0 aliphatic rings. The highest BCUT2D eigenvalue weighted by Gasteiger charge is 2.31. The van der Waals surface area contributed by atoms with Gasteiger partial charge in [-0.25, -0.2) is 19.7 Å². The number of thiazole rings is 1. The molecule has 0 saturated carbocycles. The molecule has 0 bridgehead atoms. The van der Waals surface area contributed by atoms with Crippen LogP contribution in [0.5, 0.6) is 11.8 Å². The van der Waals surface area contributed by atoms with Crippen molar-refractivity contribution in [2.45, 2.75) is 13.1 Å². The van der Waals surface area contributed by atoms with Gasteiger partial charge in [0, 0.05) is 36.3 Å². The van der Waals surface area contributed by atoms with E-state index in [-0.39, 0.29) is 17.4 Å². The van der Waals surface area contributed by atoms with E-state index in [1.165, 1.54) is 24.7 Å². The Morgan fingerprint density at radius 3 is 2.39 bits per heavy atom. The van der Waals surface area contributed by atoms with Gasteiger partial charge in [0.1, 0.15) is 5.75 Å². The summed E-state index contributed by atoms with van der Waals surface area (Å²) >= 11 is 1.55. The SMILES string of the molecule is CCNc1ncc(-c2ccc(Oc3ncc(NC(=O)Nc4cc(C(F)(F)F)ccc4-c4cccnc4)cn3)cc2)s1. The van der Waals surface area contributed by atoms with Crippen molar-refractivity contribution in [3.05, 3.63) is 91.1 Å². The first kappa shape index (κ1) is 27.5. The van der Waals surface area contributed by atoms with E-state index in [1.807, 2.05) is 19.1 Å². The summed E-state index contributed by atoms with van der Waals surface area (Å²) in [5, 5.41) is 9.03. The average molecular weight is 578 g/mol. The van der Waals surface area contributed by atoms with Crippen molar-refractivity contribution in [3.8, 4) is 33.3 Å². The lowest BCUT2D eigenvalue weighted by Gasteiger charge is -2.15. The molecule has 3 heterocycles. The molecule has 5 rings (SSSR count). The van der Waals surface area contributed by atoms with Crippen LogP contribution in [0.15, 0.2) is 85.6 Å². The number of hydrogen-bond acceptors (Lipinski definition) is 8. The Morgan fingerprint density at radius 1 is 0.927 bits per heavy atom. The van der Waals surface area contributed by atoms with E-state index < -0.39 is 17.8 Å². The number of halogens is 3. The van der Waals surface area contributed by atoms with Gasteiger partial charge in [-0.2, -0.15) is 13.2 Å². The number of ether oxygens (including phenoxy) is 1. The number of nitrogens with zero attached hydrogens (tertiary/aromatic N) is 4. The van der Waals surface area contributed by atoms with Crippen LogP contribution >= 0.6 is 11.3 Å². The summed E-state index contributed by atoms with van der Waals surface area (Å²) in [5.41, 5.74) is 1.18. The zero-order valence-electron chi connectivity index (χ0n) is 21.4. The maximum absolute atomic E-state index is 13.3. The zero-order chi connectivity index (χ0) is 28.8. The van der Waals surface area contributed by atoms with Gasteiger partial charge in [-0.3, -0.25) is 4.98 Å². The monoisotopic (exact) mass is 577 g/mol. The van der Waals surface area contributed by atoms with E-state index in [2.05, 4.69) is 35.9 Å². The number of aromatic nitrogens is 4. The van der Waals surface area contributed by atoms with Crippen molar-refractivity contribution >= 4 is 33.9 Å². The summed E-state index contributed by atoms with van der Waals surface area (Å²) in [6.45, 7) is 2.80. The average Bonchev–Trinajstić information content (AvgIpc) is 3.43. The predicted octanol–water partition coefficient (Wildman–Crippen LogP) is 7.55. The number of carbonyl (C=O) groups is 1. The van der Waals surface area contributed by atoms with E-state index in [1.54, 1.807) is 48.0 Å². The largest absolute Gasteiger partial charge is 0.424 e. The van der Waals surface area contributed by atoms with Crippen molar-refractivity contribution in [2.24, 2.45) is 0 Å². The number of pyridine rings is 1. The lowest BCUT2D eigenvalue weighted by molar-refractivity contribution is -0.137. The maximum atomic E-state index is 13.3. The highest BCUT2D eigenvalue weighted by Crippen LogP contribution is 2.36. The van der Waals surface area contributed by atoms with Gasteiger partial charge in [-0.15, -0.1) is 0 Å². The molecule has 0 aliphatic carbocycles. The number of anilines is 3. The summed E-state index contributed by atoms with van der Waals surface area (Å²) < 4.78 is 45.7. The highest BCUT2D eigenvalue weighted by molar-refractivity contribution is 7.18. The van der Waals surface area contributed by atoms with Gasteiger partial charge >= 0.3 is 18.2 Å². The fraction of sp³-hybridized carbons (Fsp3) is 0.107. The van der Waals surface area contributed by atoms with E-state index in [9.17, 15) is 18.0 Å². The van der Waals surface area contributed by atoms with Crippen molar-refractivity contribution in [1.29, 1.82) is 0 Å². The standard InChI is InChI=1S/C28H22F3N7O2S/c1-2-33-27-36-16-24(41-27)17-5-8-21(9-6-17)40-26-34-14-20(15-35-26)37-25(39)38-23-12-19(28(29,30)31)7-10-22(23)18-4-3-11-32-13-18/h3-16H,2H2,1H3,(H,33,36)(H2,37,38,39). The van der Waals surface area contributed by atoms with Gasteiger partial charge in [0.2, 0.25) is 0 Å². The summed E-state index contributed by atoms with van der Waals surface area (Å²) in [6, 6.07) is 13.1. The molecule has 41 heavy (non-hydrogen) atoms. The number of amides is 2. The van der Waals surface area contributed by atoms with Crippen LogP contribution in [0.1, 0.15) is 12.5 Å². The van der Waals surface area contributed by atoms with Crippen LogP contribution in [0.25, 0.3) is 21.6 Å². The van der Waals surface area contributed by atoms with E-state index >= 15 is 0 Å². The number of nitrogens with one attached hydrogen (secondary N) is 3. The second kappa shape index (κ2) is 12.0. The van der Waals surface area contributed by atoms with E-state index in [0.29, 0.717) is 16.9 Å². The van der Waals surface area contributed by atoms with Gasteiger partial charge in [0.05, 0.1) is 34.2 Å². The van der Waals surface area contributed by atoms with Crippen LogP contribution in [0.2, 0.25) is 0 Å². The Balaban J connectivity index is 1.23. The van der Waals surface area contributed by atoms with Gasteiger partial charge in [0.15, 0.2) is 5.13 Å². The molecule has 5 aromatic rings. The van der Waals surface area contributed by atoms with Crippen LogP contribution in [0.3, 0.4) is 0 Å². The van der Waals surface area contributed by atoms with E-state index in [0.717, 1.165) is 34.2 Å². The molecule has 9 nitrogen and oxygen atoms in total. The van der Waals surface area contributed by atoms with Crippen molar-refractivity contribution in [3.63, 3.8) is 0 Å². The molecule has 0 aliphatic heterocycles. The predicted molar refractivity (Wildman–Crippen MR) is 151 cm³/mol. The number of alkyl halides is 3. The molecular formula is C28H22F3N7O2S. The third kappa shape index (κ3) is 6.94. The maximum Gasteiger partial charge on any atom is 0.416 e. The lowest BCUT2D eigenvalue weighted by atomic mass is 10.0. The van der Waals surface area contributed by atoms with E-state index in [4.69, 9.17) is 4.74 Å². The summed E-state index contributed by atoms with van der Waals surface area (Å²) in [6.07, 6.45) is 2.90. The number of benzene rings is 2. The van der Waals surface area contributed by atoms with Gasteiger partial charge in [-0.05, 0) is 55.0 Å². The molecule has 0 saturated heterocycles. The summed E-state index contributed by atoms with van der Waals surface area (Å²) in [4.78, 5) is 30.2. The van der Waals surface area contributed by atoms with Gasteiger partial charge in [-0.1, -0.05) is 23.5 Å². The van der Waals surface area contributed by atoms with Crippen molar-refractivity contribution < 1.29 is 22.7 Å². The highest BCUT2D eigenvalue weighted by atomic mass is 32.1. The molecule has 2 aromatic carbocycles. The Hall–Kier alpha value is -5.04. The number of rotatable bonds is 8. The Labute approximate surface area is 236 Å². The van der Waals surface area contributed by atoms with Crippen LogP contribution in [0, 0.1) is 0 Å². The molecule has 208 valence electrons. The molecule has 3 N–H and O–H groups in total. The smallest absolute Gasteiger partial charge is 0.416 e. The first-order valence-corrected chi connectivity index (χ1v) is 13.1. The Morgan fingerprint density at radius 2 is 1.71 bits per heavy atom. The van der Waals surface area contributed by atoms with Crippen LogP contribution < -0.4 is 20.7 Å². The summed E-state index contributed by atoms with van der Waals surface area (Å²) in [5.74, 6) is 0.510. The fourth-order valence-corrected chi connectivity index (χ4v) is 4.64.